The average Bonchev–Trinajstić information content (AvgIpc) is 2.51. The molecule has 1 aromatic rings. The van der Waals surface area contributed by atoms with Crippen LogP contribution in [0.3, 0.4) is 0 Å². The van der Waals surface area contributed by atoms with Crippen LogP contribution in [0.25, 0.3) is 0 Å². The van der Waals surface area contributed by atoms with Gasteiger partial charge in [0, 0.05) is 40.9 Å². The van der Waals surface area contributed by atoms with E-state index in [-0.39, 0.29) is 28.7 Å². The third-order valence-corrected chi connectivity index (χ3v) is 5.28. The Balaban J connectivity index is 0.00000529. The second-order valence-electron chi connectivity index (χ2n) is 6.44. The van der Waals surface area contributed by atoms with Gasteiger partial charge in [0.25, 0.3) is 0 Å². The lowest BCUT2D eigenvalue weighted by atomic mass is 10.1. The van der Waals surface area contributed by atoms with Gasteiger partial charge >= 0.3 is 0 Å². The van der Waals surface area contributed by atoms with Crippen molar-refractivity contribution >= 4 is 40.7 Å². The lowest BCUT2D eigenvalue weighted by Gasteiger charge is -2.18. The molecule has 0 aliphatic carbocycles. The van der Waals surface area contributed by atoms with Gasteiger partial charge < -0.3 is 10.6 Å². The Morgan fingerprint density at radius 1 is 1.17 bits per heavy atom. The summed E-state index contributed by atoms with van der Waals surface area (Å²) in [5.74, 6) is 1.45. The van der Waals surface area contributed by atoms with Crippen molar-refractivity contribution in [3.8, 4) is 0 Å². The predicted octanol–water partition coefficient (Wildman–Crippen LogP) is 3.34. The van der Waals surface area contributed by atoms with Crippen LogP contribution in [0.5, 0.6) is 0 Å². The zero-order valence-corrected chi connectivity index (χ0v) is 18.4. The van der Waals surface area contributed by atoms with Gasteiger partial charge in [0.05, 0.1) is 0 Å². The highest BCUT2D eigenvalue weighted by molar-refractivity contribution is 14.0. The summed E-state index contributed by atoms with van der Waals surface area (Å²) in [5.41, 5.74) is 1.35. The molecule has 0 fully saturated rings. The first-order valence-corrected chi connectivity index (χ1v) is 9.70. The normalized spacial score (nSPS) is 13.1. The maximum Gasteiger partial charge on any atom is 0.191 e. The maximum atomic E-state index is 12.0. The van der Waals surface area contributed by atoms with Gasteiger partial charge in [-0.15, -0.1) is 24.0 Å². The van der Waals surface area contributed by atoms with E-state index in [1.165, 1.54) is 5.56 Å². The summed E-state index contributed by atoms with van der Waals surface area (Å²) in [5, 5.41) is 6.50. The molecule has 0 aliphatic rings. The average molecular weight is 465 g/mol. The number of aliphatic imine (C=N–C) groups is 1. The Bertz CT molecular complexity index is 501. The molecule has 1 aromatic carbocycles. The molecule has 1 atom stereocenters. The fraction of sp³-hybridized carbons (Fsp3) is 0.611. The van der Waals surface area contributed by atoms with Crippen molar-refractivity contribution in [1.82, 2.24) is 10.6 Å². The fourth-order valence-corrected chi connectivity index (χ4v) is 2.93. The van der Waals surface area contributed by atoms with Crippen LogP contribution < -0.4 is 10.6 Å². The molecule has 1 rings (SSSR count). The highest BCUT2D eigenvalue weighted by Crippen LogP contribution is 2.10. The Kier molecular flexibility index (Phi) is 12.4. The van der Waals surface area contributed by atoms with Crippen molar-refractivity contribution in [2.75, 3.05) is 25.4 Å². The Morgan fingerprint density at radius 2 is 1.83 bits per heavy atom. The number of nitrogens with one attached hydrogen (secondary N) is 2. The molecule has 1 unspecified atom stereocenters. The predicted molar refractivity (Wildman–Crippen MR) is 117 cm³/mol. The van der Waals surface area contributed by atoms with Gasteiger partial charge in [-0.05, 0) is 46.1 Å². The van der Waals surface area contributed by atoms with E-state index in [0.29, 0.717) is 12.3 Å². The third-order valence-electron chi connectivity index (χ3n) is 3.34. The van der Waals surface area contributed by atoms with Crippen LogP contribution in [0, 0.1) is 0 Å². The summed E-state index contributed by atoms with van der Waals surface area (Å²) >= 11 is 0. The SMILES string of the molecule is CCNC(=NCCCc1ccccc1)NCCS(=O)C(C)(C)C.I. The molecular formula is C18H32IN3OS. The van der Waals surface area contributed by atoms with E-state index in [0.717, 1.165) is 31.9 Å². The van der Waals surface area contributed by atoms with E-state index in [2.05, 4.69) is 46.8 Å². The second kappa shape index (κ2) is 12.7. The van der Waals surface area contributed by atoms with E-state index in [4.69, 9.17) is 0 Å². The molecule has 6 heteroatoms. The molecule has 0 aliphatic heterocycles. The standard InChI is InChI=1S/C18H31N3OS.HI/c1-5-19-17(21-14-15-23(22)18(2,3)4)20-13-9-12-16-10-7-6-8-11-16;/h6-8,10-11H,5,9,12-15H2,1-4H3,(H2,19,20,21);1H. The smallest absolute Gasteiger partial charge is 0.191 e. The van der Waals surface area contributed by atoms with E-state index >= 15 is 0 Å². The van der Waals surface area contributed by atoms with Gasteiger partial charge in [0.2, 0.25) is 0 Å². The van der Waals surface area contributed by atoms with Crippen LogP contribution in [0.1, 0.15) is 39.7 Å². The quantitative estimate of drug-likeness (QED) is 0.268. The number of hydrogen-bond donors (Lipinski definition) is 2. The number of hydrogen-bond acceptors (Lipinski definition) is 2. The molecule has 4 nitrogen and oxygen atoms in total. The molecule has 0 saturated heterocycles. The first-order chi connectivity index (χ1) is 10.9. The topological polar surface area (TPSA) is 53.5 Å². The molecule has 2 N–H and O–H groups in total. The van der Waals surface area contributed by atoms with Crippen molar-refractivity contribution in [2.45, 2.75) is 45.3 Å². The summed E-state index contributed by atoms with van der Waals surface area (Å²) in [6.45, 7) is 10.4. The number of benzene rings is 1. The molecule has 138 valence electrons. The summed E-state index contributed by atoms with van der Waals surface area (Å²) in [4.78, 5) is 4.58. The van der Waals surface area contributed by atoms with Crippen LogP contribution in [0.4, 0.5) is 0 Å². The summed E-state index contributed by atoms with van der Waals surface area (Å²) in [6.07, 6.45) is 2.06. The van der Waals surface area contributed by atoms with Crippen LogP contribution in [0.2, 0.25) is 0 Å². The molecule has 0 saturated carbocycles. The van der Waals surface area contributed by atoms with Crippen molar-refractivity contribution in [3.63, 3.8) is 0 Å². The second-order valence-corrected chi connectivity index (χ2v) is 8.76. The minimum atomic E-state index is -0.835. The molecular weight excluding hydrogens is 433 g/mol. The van der Waals surface area contributed by atoms with E-state index in [1.807, 2.05) is 26.8 Å². The van der Waals surface area contributed by atoms with Crippen molar-refractivity contribution in [2.24, 2.45) is 4.99 Å². The van der Waals surface area contributed by atoms with Crippen molar-refractivity contribution in [3.05, 3.63) is 35.9 Å². The Hall–Kier alpha value is -0.630. The van der Waals surface area contributed by atoms with Gasteiger partial charge in [-0.2, -0.15) is 0 Å². The lowest BCUT2D eigenvalue weighted by molar-refractivity contribution is 0.647. The van der Waals surface area contributed by atoms with Crippen LogP contribution >= 0.6 is 24.0 Å². The first kappa shape index (κ1) is 23.4. The van der Waals surface area contributed by atoms with Gasteiger partial charge in [-0.3, -0.25) is 9.20 Å². The third kappa shape index (κ3) is 10.3. The van der Waals surface area contributed by atoms with E-state index in [9.17, 15) is 4.21 Å². The minimum Gasteiger partial charge on any atom is -0.357 e. The summed E-state index contributed by atoms with van der Waals surface area (Å²) in [6, 6.07) is 10.5. The number of rotatable bonds is 8. The number of aryl methyl sites for hydroxylation is 1. The zero-order valence-electron chi connectivity index (χ0n) is 15.3. The summed E-state index contributed by atoms with van der Waals surface area (Å²) < 4.78 is 11.9. The molecule has 0 aromatic heterocycles. The van der Waals surface area contributed by atoms with Gasteiger partial charge in [0.1, 0.15) is 0 Å². The fourth-order valence-electron chi connectivity index (χ4n) is 2.03. The zero-order chi connectivity index (χ0) is 17.1. The first-order valence-electron chi connectivity index (χ1n) is 8.38. The maximum absolute atomic E-state index is 12.0. The van der Waals surface area contributed by atoms with Gasteiger partial charge in [-0.1, -0.05) is 30.3 Å². The minimum absolute atomic E-state index is 0. The molecule has 0 radical (unpaired) electrons. The molecule has 0 amide bonds. The van der Waals surface area contributed by atoms with Crippen molar-refractivity contribution < 1.29 is 4.21 Å². The number of halogens is 1. The molecule has 0 heterocycles. The van der Waals surface area contributed by atoms with Crippen LogP contribution in [0.15, 0.2) is 35.3 Å². The van der Waals surface area contributed by atoms with Crippen LogP contribution in [-0.4, -0.2) is 40.3 Å². The highest BCUT2D eigenvalue weighted by Gasteiger charge is 2.18. The monoisotopic (exact) mass is 465 g/mol. The number of nitrogens with zero attached hydrogens (tertiary/aromatic N) is 1. The molecule has 24 heavy (non-hydrogen) atoms. The van der Waals surface area contributed by atoms with Crippen LogP contribution in [-0.2, 0) is 17.2 Å². The van der Waals surface area contributed by atoms with Crippen molar-refractivity contribution in [1.29, 1.82) is 0 Å². The molecule has 0 spiro atoms. The van der Waals surface area contributed by atoms with Gasteiger partial charge in [0.15, 0.2) is 5.96 Å². The highest BCUT2D eigenvalue weighted by atomic mass is 127. The molecule has 0 bridgehead atoms. The van der Waals surface area contributed by atoms with E-state index in [1.54, 1.807) is 0 Å². The number of guanidine groups is 1. The van der Waals surface area contributed by atoms with Gasteiger partial charge in [-0.25, -0.2) is 0 Å². The van der Waals surface area contributed by atoms with E-state index < -0.39 is 10.8 Å². The Morgan fingerprint density at radius 3 is 2.42 bits per heavy atom. The Labute approximate surface area is 166 Å². The summed E-state index contributed by atoms with van der Waals surface area (Å²) in [7, 11) is -0.835. The largest absolute Gasteiger partial charge is 0.357 e. The lowest BCUT2D eigenvalue weighted by Crippen LogP contribution is -2.40.